The Morgan fingerprint density at radius 1 is 0.800 bits per heavy atom. The number of carbonyl (C=O) groups is 1. The summed E-state index contributed by atoms with van der Waals surface area (Å²) in [6, 6.07) is 31.2. The third kappa shape index (κ3) is 7.90. The summed E-state index contributed by atoms with van der Waals surface area (Å²) in [5.41, 5.74) is 4.22. The normalized spacial score (nSPS) is 25.9. The summed E-state index contributed by atoms with van der Waals surface area (Å²) in [6.45, 7) is -0.673. The smallest absolute Gasteiger partial charge is 0.311 e. The van der Waals surface area contributed by atoms with Crippen molar-refractivity contribution >= 4 is 44.3 Å². The van der Waals surface area contributed by atoms with Gasteiger partial charge in [0.05, 0.1) is 24.7 Å². The summed E-state index contributed by atoms with van der Waals surface area (Å²) < 4.78 is 37.1. The van der Waals surface area contributed by atoms with Crippen molar-refractivity contribution in [2.24, 2.45) is 5.92 Å². The van der Waals surface area contributed by atoms with Gasteiger partial charge in [0.1, 0.15) is 42.0 Å². The Balaban J connectivity index is 1.13. The van der Waals surface area contributed by atoms with Crippen LogP contribution in [0.1, 0.15) is 36.1 Å². The Bertz CT molecular complexity index is 1860. The Morgan fingerprint density at radius 2 is 1.40 bits per heavy atom. The summed E-state index contributed by atoms with van der Waals surface area (Å²) in [5.74, 6) is -1.08. The van der Waals surface area contributed by atoms with Crippen molar-refractivity contribution in [3.63, 3.8) is 0 Å². The molecule has 264 valence electrons. The first-order chi connectivity index (χ1) is 24.0. The molecule has 0 spiro atoms. The van der Waals surface area contributed by atoms with Crippen molar-refractivity contribution in [3.8, 4) is 16.9 Å². The molecule has 13 heteroatoms. The number of amides is 1. The Kier molecular flexibility index (Phi) is 11.2. The highest BCUT2D eigenvalue weighted by Gasteiger charge is 2.48. The van der Waals surface area contributed by atoms with E-state index in [9.17, 15) is 38.7 Å². The second-order valence-corrected chi connectivity index (χ2v) is 15.4. The number of para-hydroxylation sites is 1. The van der Waals surface area contributed by atoms with Crippen LogP contribution >= 0.6 is 22.6 Å². The van der Waals surface area contributed by atoms with Crippen molar-refractivity contribution in [3.05, 3.63) is 118 Å². The summed E-state index contributed by atoms with van der Waals surface area (Å²) in [4.78, 5) is 15.3. The SMILES string of the molecule is O=C1C(CCC(O)c2ccc(I)cc2)C(c2ccc(-c3ccc(OS(=O)(=O)CC4OC(CO)C(O)C(O)C4O)cc3)cc2)N1c1ccccc1. The lowest BCUT2D eigenvalue weighted by Gasteiger charge is -2.48. The first-order valence-corrected chi connectivity index (χ1v) is 18.9. The van der Waals surface area contributed by atoms with Crippen LogP contribution < -0.4 is 9.08 Å². The Hall–Kier alpha value is -3.41. The van der Waals surface area contributed by atoms with Crippen molar-refractivity contribution in [1.29, 1.82) is 0 Å². The van der Waals surface area contributed by atoms with Gasteiger partial charge in [-0.3, -0.25) is 4.79 Å². The van der Waals surface area contributed by atoms with E-state index in [-0.39, 0.29) is 23.6 Å². The van der Waals surface area contributed by atoms with Crippen LogP contribution in [-0.2, 0) is 19.6 Å². The van der Waals surface area contributed by atoms with E-state index >= 15 is 0 Å². The third-order valence-electron chi connectivity index (χ3n) is 9.28. The van der Waals surface area contributed by atoms with Crippen LogP contribution in [0.2, 0.25) is 0 Å². The number of carbonyl (C=O) groups excluding carboxylic acids is 1. The van der Waals surface area contributed by atoms with Crippen LogP contribution in [0.15, 0.2) is 103 Å². The van der Waals surface area contributed by atoms with Crippen LogP contribution in [0.3, 0.4) is 0 Å². The van der Waals surface area contributed by atoms with Gasteiger partial charge in [-0.25, -0.2) is 0 Å². The molecule has 4 aromatic carbocycles. The number of hydrogen-bond donors (Lipinski definition) is 5. The van der Waals surface area contributed by atoms with Crippen LogP contribution in [0.5, 0.6) is 5.75 Å². The van der Waals surface area contributed by atoms with Gasteiger partial charge < -0.3 is 39.4 Å². The summed E-state index contributed by atoms with van der Waals surface area (Å²) in [7, 11) is -4.30. The van der Waals surface area contributed by atoms with Gasteiger partial charge in [-0.05, 0) is 94.1 Å². The van der Waals surface area contributed by atoms with Gasteiger partial charge in [0.2, 0.25) is 5.91 Å². The Morgan fingerprint density at radius 3 is 2.02 bits per heavy atom. The number of aliphatic hydroxyl groups excluding tert-OH is 5. The zero-order chi connectivity index (χ0) is 35.6. The number of hydrogen-bond acceptors (Lipinski definition) is 10. The number of nitrogens with zero attached hydrogens (tertiary/aromatic N) is 1. The molecule has 2 aliphatic heterocycles. The number of β-lactam (4-membered cyclic amide) rings is 1. The molecule has 0 aliphatic carbocycles. The molecule has 8 atom stereocenters. The summed E-state index contributed by atoms with van der Waals surface area (Å²) in [6.07, 6.45) is -7.36. The first kappa shape index (κ1) is 36.4. The minimum Gasteiger partial charge on any atom is -0.394 e. The molecule has 5 N–H and O–H groups in total. The van der Waals surface area contributed by atoms with Gasteiger partial charge in [0.15, 0.2) is 0 Å². The molecule has 2 aliphatic rings. The molecule has 0 bridgehead atoms. The van der Waals surface area contributed by atoms with E-state index in [0.29, 0.717) is 12.8 Å². The van der Waals surface area contributed by atoms with E-state index in [2.05, 4.69) is 22.6 Å². The zero-order valence-electron chi connectivity index (χ0n) is 26.8. The fourth-order valence-corrected chi connectivity index (χ4v) is 8.06. The predicted octanol–water partition coefficient (Wildman–Crippen LogP) is 3.73. The lowest BCUT2D eigenvalue weighted by Crippen LogP contribution is -2.60. The lowest BCUT2D eigenvalue weighted by atomic mass is 9.78. The maximum atomic E-state index is 13.5. The number of ether oxygens (including phenoxy) is 1. The number of benzene rings is 4. The fraction of sp³-hybridized carbons (Fsp3) is 0.324. The molecule has 4 aromatic rings. The molecule has 2 fully saturated rings. The quantitative estimate of drug-likeness (QED) is 0.0806. The molecular formula is C37H38INO10S. The van der Waals surface area contributed by atoms with Gasteiger partial charge in [0.25, 0.3) is 0 Å². The number of halogens is 1. The standard InChI is InChI=1S/C37H38INO10S/c38-26-14-10-24(11-15-26)30(41)19-18-29-33(39(37(29)45)27-4-2-1-3-5-27)25-8-6-22(7-9-25)23-12-16-28(17-13-23)49-50(46,47)21-32-35(43)36(44)34(42)31(20-40)48-32/h1-17,29-36,40-44H,18-21H2. The van der Waals surface area contributed by atoms with E-state index in [1.54, 1.807) is 17.0 Å². The molecule has 50 heavy (non-hydrogen) atoms. The topological polar surface area (TPSA) is 174 Å². The number of anilines is 1. The monoisotopic (exact) mass is 815 g/mol. The van der Waals surface area contributed by atoms with Gasteiger partial charge in [0, 0.05) is 9.26 Å². The molecule has 6 rings (SSSR count). The van der Waals surface area contributed by atoms with Crippen LogP contribution in [-0.4, -0.2) is 82.7 Å². The molecule has 0 aromatic heterocycles. The minimum atomic E-state index is -4.30. The largest absolute Gasteiger partial charge is 0.394 e. The van der Waals surface area contributed by atoms with E-state index in [0.717, 1.165) is 31.5 Å². The highest BCUT2D eigenvalue weighted by Crippen LogP contribution is 2.46. The van der Waals surface area contributed by atoms with Gasteiger partial charge in [-0.1, -0.05) is 66.7 Å². The van der Waals surface area contributed by atoms with Crippen molar-refractivity contribution in [1.82, 2.24) is 0 Å². The average Bonchev–Trinajstić information content (AvgIpc) is 3.11. The number of rotatable bonds is 12. The lowest BCUT2D eigenvalue weighted by molar-refractivity contribution is -0.223. The second-order valence-electron chi connectivity index (χ2n) is 12.6. The maximum Gasteiger partial charge on any atom is 0.311 e. The summed E-state index contributed by atoms with van der Waals surface area (Å²) >= 11 is 2.22. The molecule has 8 unspecified atom stereocenters. The second kappa shape index (κ2) is 15.5. The molecule has 11 nitrogen and oxygen atoms in total. The fourth-order valence-electron chi connectivity index (χ4n) is 6.55. The zero-order valence-corrected chi connectivity index (χ0v) is 29.7. The molecular weight excluding hydrogens is 777 g/mol. The first-order valence-electron chi connectivity index (χ1n) is 16.2. The van der Waals surface area contributed by atoms with Crippen molar-refractivity contribution < 1.29 is 47.7 Å². The molecule has 0 radical (unpaired) electrons. The van der Waals surface area contributed by atoms with E-state index in [1.165, 1.54) is 12.1 Å². The van der Waals surface area contributed by atoms with E-state index < -0.39 is 59.1 Å². The van der Waals surface area contributed by atoms with Crippen molar-refractivity contribution in [2.75, 3.05) is 17.3 Å². The number of aliphatic hydroxyl groups is 5. The van der Waals surface area contributed by atoms with E-state index in [1.807, 2.05) is 78.9 Å². The van der Waals surface area contributed by atoms with Gasteiger partial charge in [-0.2, -0.15) is 8.42 Å². The molecule has 1 amide bonds. The molecule has 2 heterocycles. The molecule has 2 saturated heterocycles. The molecule has 0 saturated carbocycles. The maximum absolute atomic E-state index is 13.5. The highest BCUT2D eigenvalue weighted by molar-refractivity contribution is 14.1. The Labute approximate surface area is 304 Å². The van der Waals surface area contributed by atoms with Gasteiger partial charge >= 0.3 is 10.1 Å². The van der Waals surface area contributed by atoms with E-state index in [4.69, 9.17) is 8.92 Å². The third-order valence-corrected chi connectivity index (χ3v) is 11.2. The van der Waals surface area contributed by atoms with Gasteiger partial charge in [-0.15, -0.1) is 0 Å². The highest BCUT2D eigenvalue weighted by atomic mass is 127. The summed E-state index contributed by atoms with van der Waals surface area (Å²) in [5, 5.41) is 50.4. The van der Waals surface area contributed by atoms with Crippen LogP contribution in [0.25, 0.3) is 11.1 Å². The predicted molar refractivity (Wildman–Crippen MR) is 194 cm³/mol. The minimum absolute atomic E-state index is 0.0113. The van der Waals surface area contributed by atoms with Crippen molar-refractivity contribution in [2.45, 2.75) is 55.5 Å². The van der Waals surface area contributed by atoms with Crippen LogP contribution in [0.4, 0.5) is 5.69 Å². The average molecular weight is 816 g/mol. The van der Waals surface area contributed by atoms with Crippen LogP contribution in [0, 0.1) is 9.49 Å².